The largest absolute Gasteiger partial charge is 0.416 e. The predicted molar refractivity (Wildman–Crippen MR) is 96.2 cm³/mol. The molecule has 6 nitrogen and oxygen atoms in total. The smallest absolute Gasteiger partial charge is 0.308 e. The van der Waals surface area contributed by atoms with Gasteiger partial charge in [-0.15, -0.1) is 5.10 Å². The minimum absolute atomic E-state index is 0.102. The standard InChI is InChI=1S/C19H15F3N4O2/c1-13-8-14(10-15(9-13)19(20,21)22)18-23-12-26(24-18)7-5-16(27)11-25-6-3-2-4-17(25)28/h2-10,12H,11H2,1H3/b7-5-. The highest BCUT2D eigenvalue weighted by atomic mass is 19.4. The molecule has 3 aromatic rings. The Labute approximate surface area is 157 Å². The van der Waals surface area contributed by atoms with Crippen molar-refractivity contribution in [1.29, 1.82) is 0 Å². The number of hydrogen-bond acceptors (Lipinski definition) is 4. The molecule has 0 aliphatic rings. The number of alkyl halides is 3. The Morgan fingerprint density at radius 2 is 2.00 bits per heavy atom. The topological polar surface area (TPSA) is 69.8 Å². The number of benzene rings is 1. The highest BCUT2D eigenvalue weighted by Crippen LogP contribution is 2.32. The molecule has 2 aromatic heterocycles. The first kappa shape index (κ1) is 19.3. The molecule has 0 radical (unpaired) electrons. The van der Waals surface area contributed by atoms with Crippen LogP contribution in [0.3, 0.4) is 0 Å². The van der Waals surface area contributed by atoms with Gasteiger partial charge in [-0.05, 0) is 36.8 Å². The van der Waals surface area contributed by atoms with Crippen LogP contribution in [0.4, 0.5) is 13.2 Å². The van der Waals surface area contributed by atoms with Crippen molar-refractivity contribution in [2.24, 2.45) is 0 Å². The van der Waals surface area contributed by atoms with E-state index < -0.39 is 11.7 Å². The Hall–Kier alpha value is -3.49. The minimum atomic E-state index is -4.47. The van der Waals surface area contributed by atoms with Crippen molar-refractivity contribution in [2.45, 2.75) is 19.6 Å². The molecule has 0 aliphatic carbocycles. The van der Waals surface area contributed by atoms with E-state index in [1.165, 1.54) is 40.1 Å². The second-order valence-electron chi connectivity index (χ2n) is 6.08. The Bertz CT molecular complexity index is 1100. The maximum Gasteiger partial charge on any atom is 0.416 e. The molecular formula is C19H15F3N4O2. The molecule has 1 aromatic carbocycles. The third-order valence-corrected chi connectivity index (χ3v) is 3.81. The first-order valence-electron chi connectivity index (χ1n) is 8.19. The van der Waals surface area contributed by atoms with Crippen molar-refractivity contribution in [1.82, 2.24) is 19.3 Å². The average molecular weight is 388 g/mol. The van der Waals surface area contributed by atoms with Gasteiger partial charge in [-0.25, -0.2) is 9.67 Å². The number of nitrogens with zero attached hydrogens (tertiary/aromatic N) is 4. The lowest BCUT2D eigenvalue weighted by Gasteiger charge is -2.09. The molecule has 0 bridgehead atoms. The van der Waals surface area contributed by atoms with Crippen molar-refractivity contribution in [2.75, 3.05) is 0 Å². The van der Waals surface area contributed by atoms with Gasteiger partial charge in [-0.1, -0.05) is 6.07 Å². The van der Waals surface area contributed by atoms with Crippen molar-refractivity contribution in [3.05, 3.63) is 76.5 Å². The Balaban J connectivity index is 1.77. The average Bonchev–Trinajstić information content (AvgIpc) is 3.10. The van der Waals surface area contributed by atoms with Crippen LogP contribution in [0.15, 0.2) is 59.8 Å². The van der Waals surface area contributed by atoms with Gasteiger partial charge in [0.15, 0.2) is 11.6 Å². The van der Waals surface area contributed by atoms with E-state index in [1.807, 2.05) is 0 Å². The number of aromatic nitrogens is 4. The number of carbonyl (C=O) groups is 1. The fourth-order valence-electron chi connectivity index (χ4n) is 2.53. The van der Waals surface area contributed by atoms with E-state index in [2.05, 4.69) is 10.1 Å². The molecule has 9 heteroatoms. The van der Waals surface area contributed by atoms with E-state index >= 15 is 0 Å². The molecule has 2 heterocycles. The van der Waals surface area contributed by atoms with Crippen LogP contribution in [0.25, 0.3) is 17.6 Å². The molecule has 0 fully saturated rings. The van der Waals surface area contributed by atoms with Crippen molar-refractivity contribution in [3.8, 4) is 11.4 Å². The van der Waals surface area contributed by atoms with Gasteiger partial charge in [0.2, 0.25) is 0 Å². The predicted octanol–water partition coefficient (Wildman–Crippen LogP) is 3.17. The van der Waals surface area contributed by atoms with Gasteiger partial charge in [0.05, 0.1) is 12.1 Å². The maximum absolute atomic E-state index is 13.0. The zero-order valence-corrected chi connectivity index (χ0v) is 14.7. The van der Waals surface area contributed by atoms with Gasteiger partial charge in [0.25, 0.3) is 5.56 Å². The summed E-state index contributed by atoms with van der Waals surface area (Å²) in [5.74, 6) is -0.245. The lowest BCUT2D eigenvalue weighted by molar-refractivity contribution is -0.137. The van der Waals surface area contributed by atoms with E-state index in [4.69, 9.17) is 0 Å². The van der Waals surface area contributed by atoms with E-state index in [9.17, 15) is 22.8 Å². The van der Waals surface area contributed by atoms with Gasteiger partial charge in [-0.3, -0.25) is 9.59 Å². The molecule has 0 aliphatic heterocycles. The van der Waals surface area contributed by atoms with Crippen molar-refractivity contribution in [3.63, 3.8) is 0 Å². The highest BCUT2D eigenvalue weighted by Gasteiger charge is 2.31. The summed E-state index contributed by atoms with van der Waals surface area (Å²) in [5.41, 5.74) is -0.424. The summed E-state index contributed by atoms with van der Waals surface area (Å²) in [7, 11) is 0. The minimum Gasteiger partial charge on any atom is -0.308 e. The lowest BCUT2D eigenvalue weighted by atomic mass is 10.1. The molecule has 144 valence electrons. The van der Waals surface area contributed by atoms with E-state index in [1.54, 1.807) is 25.1 Å². The van der Waals surface area contributed by atoms with Gasteiger partial charge in [0.1, 0.15) is 6.33 Å². The number of aryl methyl sites for hydroxylation is 1. The summed E-state index contributed by atoms with van der Waals surface area (Å²) in [4.78, 5) is 27.6. The van der Waals surface area contributed by atoms with Crippen LogP contribution in [0.2, 0.25) is 0 Å². The van der Waals surface area contributed by atoms with Gasteiger partial charge >= 0.3 is 6.18 Å². The van der Waals surface area contributed by atoms with Crippen LogP contribution in [-0.4, -0.2) is 25.1 Å². The fourth-order valence-corrected chi connectivity index (χ4v) is 2.53. The Morgan fingerprint density at radius 1 is 1.21 bits per heavy atom. The molecule has 0 N–H and O–H groups in total. The SMILES string of the molecule is Cc1cc(-c2ncn(/C=C\C(=O)Cn3ccccc3=O)n2)cc(C(F)(F)F)c1. The number of pyridine rings is 1. The number of carbonyl (C=O) groups excluding carboxylic acids is 1. The van der Waals surface area contributed by atoms with Gasteiger partial charge < -0.3 is 4.57 Å². The Kier molecular flexibility index (Phi) is 5.25. The second kappa shape index (κ2) is 7.63. The summed E-state index contributed by atoms with van der Waals surface area (Å²) < 4.78 is 41.4. The zero-order valence-electron chi connectivity index (χ0n) is 14.7. The molecule has 3 rings (SSSR count). The molecule has 0 unspecified atom stereocenters. The molecule has 0 saturated heterocycles. The summed E-state index contributed by atoms with van der Waals surface area (Å²) in [6.45, 7) is 1.42. The Morgan fingerprint density at radius 3 is 2.71 bits per heavy atom. The van der Waals surface area contributed by atoms with E-state index in [-0.39, 0.29) is 29.3 Å². The second-order valence-corrected chi connectivity index (χ2v) is 6.08. The lowest BCUT2D eigenvalue weighted by Crippen LogP contribution is -2.21. The molecule has 0 spiro atoms. The molecular weight excluding hydrogens is 373 g/mol. The highest BCUT2D eigenvalue weighted by molar-refractivity contribution is 5.91. The van der Waals surface area contributed by atoms with E-state index in [0.717, 1.165) is 12.1 Å². The van der Waals surface area contributed by atoms with Crippen molar-refractivity contribution >= 4 is 12.0 Å². The molecule has 28 heavy (non-hydrogen) atoms. The summed E-state index contributed by atoms with van der Waals surface area (Å²) in [5, 5.41) is 4.07. The van der Waals surface area contributed by atoms with Crippen molar-refractivity contribution < 1.29 is 18.0 Å². The van der Waals surface area contributed by atoms with Crippen LogP contribution >= 0.6 is 0 Å². The number of rotatable bonds is 5. The van der Waals surface area contributed by atoms with Crippen LogP contribution in [-0.2, 0) is 17.5 Å². The molecule has 0 atom stereocenters. The third kappa shape index (κ3) is 4.61. The first-order valence-corrected chi connectivity index (χ1v) is 8.19. The number of halogens is 3. The number of allylic oxidation sites excluding steroid dienone is 1. The fraction of sp³-hybridized carbons (Fsp3) is 0.158. The summed E-state index contributed by atoms with van der Waals surface area (Å²) in [6.07, 6.45) is 0.856. The first-order chi connectivity index (χ1) is 13.2. The molecule has 0 saturated carbocycles. The van der Waals surface area contributed by atoms with E-state index in [0.29, 0.717) is 5.56 Å². The van der Waals surface area contributed by atoms with Crippen LogP contribution < -0.4 is 5.56 Å². The summed E-state index contributed by atoms with van der Waals surface area (Å²) >= 11 is 0. The molecule has 0 amide bonds. The van der Waals surface area contributed by atoms with Gasteiger partial charge in [0, 0.05) is 30.1 Å². The van der Waals surface area contributed by atoms with Crippen LogP contribution in [0.5, 0.6) is 0 Å². The van der Waals surface area contributed by atoms with Gasteiger partial charge in [-0.2, -0.15) is 13.2 Å². The zero-order chi connectivity index (χ0) is 20.3. The van der Waals surface area contributed by atoms with Crippen LogP contribution in [0.1, 0.15) is 11.1 Å². The summed E-state index contributed by atoms with van der Waals surface area (Å²) in [6, 6.07) is 8.13. The number of ketones is 1. The van der Waals surface area contributed by atoms with Crippen LogP contribution in [0, 0.1) is 6.92 Å². The maximum atomic E-state index is 13.0. The quantitative estimate of drug-likeness (QED) is 0.630. The third-order valence-electron chi connectivity index (χ3n) is 3.81. The normalized spacial score (nSPS) is 11.9. The number of hydrogen-bond donors (Lipinski definition) is 0. The monoisotopic (exact) mass is 388 g/mol.